The highest BCUT2D eigenvalue weighted by molar-refractivity contribution is 5.86. The molecular formula is C13H21N3O4. The number of nitrogens with one attached hydrogen (secondary N) is 1. The number of piperidine rings is 1. The van der Waals surface area contributed by atoms with Gasteiger partial charge in [0.1, 0.15) is 6.04 Å². The van der Waals surface area contributed by atoms with Gasteiger partial charge >= 0.3 is 12.0 Å². The number of carboxylic acids is 1. The molecule has 0 radical (unpaired) electrons. The Morgan fingerprint density at radius 3 is 2.85 bits per heavy atom. The fourth-order valence-corrected chi connectivity index (χ4v) is 3.14. The second-order valence-electron chi connectivity index (χ2n) is 5.41. The van der Waals surface area contributed by atoms with Crippen LogP contribution in [0.1, 0.15) is 26.2 Å². The summed E-state index contributed by atoms with van der Waals surface area (Å²) in [7, 11) is 1.51. The van der Waals surface area contributed by atoms with Crippen molar-refractivity contribution in [1.82, 2.24) is 15.1 Å². The van der Waals surface area contributed by atoms with Gasteiger partial charge in [-0.25, -0.2) is 9.59 Å². The van der Waals surface area contributed by atoms with E-state index in [1.54, 1.807) is 11.8 Å². The summed E-state index contributed by atoms with van der Waals surface area (Å²) in [5, 5.41) is 11.9. The van der Waals surface area contributed by atoms with Crippen molar-refractivity contribution in [2.24, 2.45) is 5.92 Å². The van der Waals surface area contributed by atoms with E-state index < -0.39 is 12.0 Å². The minimum Gasteiger partial charge on any atom is -0.480 e. The molecule has 20 heavy (non-hydrogen) atoms. The SMILES string of the molecule is CCC(C(=O)O)N(C)C(=O)N1CCCC2C(=O)NCC21. The lowest BCUT2D eigenvalue weighted by molar-refractivity contribution is -0.142. The topological polar surface area (TPSA) is 90.0 Å². The minimum atomic E-state index is -1.00. The molecule has 2 saturated heterocycles. The molecule has 2 aliphatic rings. The zero-order valence-electron chi connectivity index (χ0n) is 11.8. The summed E-state index contributed by atoms with van der Waals surface area (Å²) >= 11 is 0. The van der Waals surface area contributed by atoms with E-state index in [0.717, 1.165) is 12.8 Å². The molecule has 0 aromatic rings. The van der Waals surface area contributed by atoms with E-state index in [-0.39, 0.29) is 23.9 Å². The van der Waals surface area contributed by atoms with Crippen molar-refractivity contribution in [3.8, 4) is 0 Å². The van der Waals surface area contributed by atoms with Gasteiger partial charge in [0, 0.05) is 20.1 Å². The van der Waals surface area contributed by atoms with E-state index in [1.165, 1.54) is 11.9 Å². The maximum Gasteiger partial charge on any atom is 0.326 e. The summed E-state index contributed by atoms with van der Waals surface area (Å²) in [6, 6.07) is -1.27. The van der Waals surface area contributed by atoms with Gasteiger partial charge in [-0.15, -0.1) is 0 Å². The molecule has 2 aliphatic heterocycles. The van der Waals surface area contributed by atoms with Crippen LogP contribution in [-0.2, 0) is 9.59 Å². The molecule has 112 valence electrons. The summed E-state index contributed by atoms with van der Waals surface area (Å²) in [5.74, 6) is -1.15. The molecule has 0 bridgehead atoms. The lowest BCUT2D eigenvalue weighted by Gasteiger charge is -2.39. The number of urea groups is 1. The fourth-order valence-electron chi connectivity index (χ4n) is 3.14. The molecule has 2 N–H and O–H groups in total. The normalized spacial score (nSPS) is 26.7. The van der Waals surface area contributed by atoms with Crippen molar-refractivity contribution in [2.45, 2.75) is 38.3 Å². The third-order valence-corrected chi connectivity index (χ3v) is 4.29. The first-order chi connectivity index (χ1) is 9.47. The molecule has 0 aromatic heterocycles. The summed E-state index contributed by atoms with van der Waals surface area (Å²) in [5.41, 5.74) is 0. The predicted molar refractivity (Wildman–Crippen MR) is 71.1 cm³/mol. The average Bonchev–Trinajstić information content (AvgIpc) is 2.80. The molecule has 0 aliphatic carbocycles. The van der Waals surface area contributed by atoms with Crippen molar-refractivity contribution in [1.29, 1.82) is 0 Å². The Morgan fingerprint density at radius 2 is 2.25 bits per heavy atom. The second kappa shape index (κ2) is 5.68. The van der Waals surface area contributed by atoms with Crippen LogP contribution in [0.5, 0.6) is 0 Å². The lowest BCUT2D eigenvalue weighted by Crippen LogP contribution is -2.55. The van der Waals surface area contributed by atoms with Gasteiger partial charge in [-0.05, 0) is 19.3 Å². The van der Waals surface area contributed by atoms with Crippen LogP contribution in [0.25, 0.3) is 0 Å². The van der Waals surface area contributed by atoms with E-state index in [9.17, 15) is 14.4 Å². The summed E-state index contributed by atoms with van der Waals surface area (Å²) in [6.45, 7) is 2.78. The van der Waals surface area contributed by atoms with E-state index in [0.29, 0.717) is 19.5 Å². The largest absolute Gasteiger partial charge is 0.480 e. The van der Waals surface area contributed by atoms with Crippen LogP contribution in [0.2, 0.25) is 0 Å². The second-order valence-corrected chi connectivity index (χ2v) is 5.41. The van der Waals surface area contributed by atoms with Gasteiger partial charge in [0.2, 0.25) is 5.91 Å². The van der Waals surface area contributed by atoms with Gasteiger partial charge < -0.3 is 20.2 Å². The zero-order chi connectivity index (χ0) is 14.9. The van der Waals surface area contributed by atoms with Crippen LogP contribution in [-0.4, -0.2) is 65.0 Å². The Morgan fingerprint density at radius 1 is 1.55 bits per heavy atom. The molecule has 3 unspecified atom stereocenters. The molecule has 3 atom stereocenters. The zero-order valence-corrected chi connectivity index (χ0v) is 11.8. The van der Waals surface area contributed by atoms with Crippen molar-refractivity contribution in [3.05, 3.63) is 0 Å². The Kier molecular flexibility index (Phi) is 4.15. The van der Waals surface area contributed by atoms with Crippen molar-refractivity contribution < 1.29 is 19.5 Å². The molecule has 2 rings (SSSR count). The molecule has 2 fully saturated rings. The van der Waals surface area contributed by atoms with Crippen molar-refractivity contribution >= 4 is 17.9 Å². The lowest BCUT2D eigenvalue weighted by atomic mass is 9.92. The highest BCUT2D eigenvalue weighted by Crippen LogP contribution is 2.28. The number of aliphatic carboxylic acids is 1. The molecule has 0 spiro atoms. The quantitative estimate of drug-likeness (QED) is 0.769. The maximum absolute atomic E-state index is 12.5. The van der Waals surface area contributed by atoms with Gasteiger partial charge in [0.05, 0.1) is 12.0 Å². The standard InChI is InChI=1S/C13H21N3O4/c1-3-9(12(18)19)15(2)13(20)16-6-4-5-8-10(16)7-14-11(8)17/h8-10H,3-7H2,1-2H3,(H,14,17)(H,18,19). The van der Waals surface area contributed by atoms with Crippen molar-refractivity contribution in [2.75, 3.05) is 20.1 Å². The minimum absolute atomic E-state index is 0.000397. The Hall–Kier alpha value is -1.79. The summed E-state index contributed by atoms with van der Waals surface area (Å²) < 4.78 is 0. The third kappa shape index (κ3) is 2.44. The highest BCUT2D eigenvalue weighted by atomic mass is 16.4. The molecular weight excluding hydrogens is 262 g/mol. The Bertz CT molecular complexity index is 426. The molecule has 2 heterocycles. The number of hydrogen-bond acceptors (Lipinski definition) is 3. The van der Waals surface area contributed by atoms with E-state index in [2.05, 4.69) is 5.32 Å². The Labute approximate surface area is 117 Å². The van der Waals surface area contributed by atoms with Crippen LogP contribution in [0, 0.1) is 5.92 Å². The fraction of sp³-hybridized carbons (Fsp3) is 0.769. The number of fused-ring (bicyclic) bond motifs is 1. The first-order valence-electron chi connectivity index (χ1n) is 7.01. The smallest absolute Gasteiger partial charge is 0.326 e. The van der Waals surface area contributed by atoms with Gasteiger partial charge in [-0.2, -0.15) is 0 Å². The molecule has 3 amide bonds. The maximum atomic E-state index is 12.5. The number of hydrogen-bond donors (Lipinski definition) is 2. The first kappa shape index (κ1) is 14.6. The number of likely N-dealkylation sites (tertiary alicyclic amines) is 1. The van der Waals surface area contributed by atoms with Crippen LogP contribution in [0.4, 0.5) is 4.79 Å². The first-order valence-corrected chi connectivity index (χ1v) is 7.01. The van der Waals surface area contributed by atoms with Crippen LogP contribution in [0.3, 0.4) is 0 Å². The highest BCUT2D eigenvalue weighted by Gasteiger charge is 2.44. The van der Waals surface area contributed by atoms with E-state index in [1.807, 2.05) is 0 Å². The third-order valence-electron chi connectivity index (χ3n) is 4.29. The van der Waals surface area contributed by atoms with Gasteiger partial charge in [0.25, 0.3) is 0 Å². The number of rotatable bonds is 3. The summed E-state index contributed by atoms with van der Waals surface area (Å²) in [4.78, 5) is 38.3. The number of carbonyl (C=O) groups excluding carboxylic acids is 2. The predicted octanol–water partition coefficient (Wildman–Crippen LogP) is 0.112. The van der Waals surface area contributed by atoms with Gasteiger partial charge in [-0.1, -0.05) is 6.92 Å². The molecule has 0 aromatic carbocycles. The van der Waals surface area contributed by atoms with E-state index in [4.69, 9.17) is 5.11 Å². The van der Waals surface area contributed by atoms with E-state index >= 15 is 0 Å². The molecule has 7 nitrogen and oxygen atoms in total. The van der Waals surface area contributed by atoms with Crippen molar-refractivity contribution in [3.63, 3.8) is 0 Å². The Balaban J connectivity index is 2.11. The number of amides is 3. The molecule has 7 heteroatoms. The number of nitrogens with zero attached hydrogens (tertiary/aromatic N) is 2. The number of carboxylic acid groups (broad SMARTS) is 1. The van der Waals surface area contributed by atoms with Crippen LogP contribution < -0.4 is 5.32 Å². The van der Waals surface area contributed by atoms with Gasteiger partial charge in [0.15, 0.2) is 0 Å². The van der Waals surface area contributed by atoms with Crippen LogP contribution >= 0.6 is 0 Å². The molecule has 0 saturated carbocycles. The number of likely N-dealkylation sites (N-methyl/N-ethyl adjacent to an activating group) is 1. The number of carbonyl (C=O) groups is 3. The van der Waals surface area contributed by atoms with Gasteiger partial charge in [-0.3, -0.25) is 4.79 Å². The van der Waals surface area contributed by atoms with Crippen LogP contribution in [0.15, 0.2) is 0 Å². The monoisotopic (exact) mass is 283 g/mol. The average molecular weight is 283 g/mol. The summed E-state index contributed by atoms with van der Waals surface area (Å²) in [6.07, 6.45) is 1.93.